The van der Waals surface area contributed by atoms with Crippen LogP contribution >= 0.6 is 15.9 Å². The second kappa shape index (κ2) is 5.71. The molecule has 0 saturated carbocycles. The SMILES string of the molecule is CC(C)(O)c1cn(CCOc2ccc(Br)cc2)nn1. The van der Waals surface area contributed by atoms with Gasteiger partial charge in [0, 0.05) is 4.47 Å². The number of aromatic nitrogens is 3. The van der Waals surface area contributed by atoms with Gasteiger partial charge in [0.05, 0.1) is 12.7 Å². The molecule has 0 spiro atoms. The standard InChI is InChI=1S/C13H16BrN3O2/c1-13(2,18)12-9-17(16-15-12)7-8-19-11-5-3-10(14)4-6-11/h3-6,9,18H,7-8H2,1-2H3. The number of hydrogen-bond donors (Lipinski definition) is 1. The van der Waals surface area contributed by atoms with Gasteiger partial charge in [-0.25, -0.2) is 4.68 Å². The average molecular weight is 326 g/mol. The predicted molar refractivity (Wildman–Crippen MR) is 74.9 cm³/mol. The summed E-state index contributed by atoms with van der Waals surface area (Å²) >= 11 is 3.37. The Labute approximate surface area is 120 Å². The van der Waals surface area contributed by atoms with Gasteiger partial charge in [-0.3, -0.25) is 0 Å². The molecule has 0 radical (unpaired) electrons. The lowest BCUT2D eigenvalue weighted by Gasteiger charge is -2.11. The first-order valence-electron chi connectivity index (χ1n) is 5.96. The van der Waals surface area contributed by atoms with E-state index in [4.69, 9.17) is 4.74 Å². The van der Waals surface area contributed by atoms with Crippen LogP contribution < -0.4 is 4.74 Å². The molecule has 0 aliphatic heterocycles. The first-order chi connectivity index (χ1) is 8.95. The van der Waals surface area contributed by atoms with Crippen LogP contribution in [0.2, 0.25) is 0 Å². The van der Waals surface area contributed by atoms with E-state index in [1.807, 2.05) is 24.3 Å². The summed E-state index contributed by atoms with van der Waals surface area (Å²) in [5.74, 6) is 0.811. The van der Waals surface area contributed by atoms with Crippen molar-refractivity contribution in [1.82, 2.24) is 15.0 Å². The molecule has 0 amide bonds. The summed E-state index contributed by atoms with van der Waals surface area (Å²) in [6.07, 6.45) is 1.73. The van der Waals surface area contributed by atoms with Crippen LogP contribution in [0.3, 0.4) is 0 Å². The average Bonchev–Trinajstić information content (AvgIpc) is 2.80. The van der Waals surface area contributed by atoms with Gasteiger partial charge in [0.1, 0.15) is 23.7 Å². The zero-order valence-electron chi connectivity index (χ0n) is 10.9. The van der Waals surface area contributed by atoms with Crippen LogP contribution in [-0.4, -0.2) is 26.7 Å². The van der Waals surface area contributed by atoms with E-state index in [0.717, 1.165) is 10.2 Å². The van der Waals surface area contributed by atoms with Gasteiger partial charge < -0.3 is 9.84 Å². The quantitative estimate of drug-likeness (QED) is 0.916. The number of hydrogen-bond acceptors (Lipinski definition) is 4. The zero-order valence-corrected chi connectivity index (χ0v) is 12.5. The van der Waals surface area contributed by atoms with Gasteiger partial charge in [-0.1, -0.05) is 21.1 Å². The number of nitrogens with zero attached hydrogens (tertiary/aromatic N) is 3. The van der Waals surface area contributed by atoms with Crippen LogP contribution in [0.25, 0.3) is 0 Å². The molecule has 1 aromatic carbocycles. The normalized spacial score (nSPS) is 11.6. The van der Waals surface area contributed by atoms with E-state index < -0.39 is 5.60 Å². The highest BCUT2D eigenvalue weighted by atomic mass is 79.9. The largest absolute Gasteiger partial charge is 0.492 e. The Hall–Kier alpha value is -1.40. The van der Waals surface area contributed by atoms with E-state index in [9.17, 15) is 5.11 Å². The molecule has 102 valence electrons. The van der Waals surface area contributed by atoms with Gasteiger partial charge in [0.2, 0.25) is 0 Å². The first kappa shape index (κ1) is 14.0. The van der Waals surface area contributed by atoms with E-state index in [0.29, 0.717) is 18.8 Å². The van der Waals surface area contributed by atoms with Crippen LogP contribution in [0.5, 0.6) is 5.75 Å². The molecular formula is C13H16BrN3O2. The van der Waals surface area contributed by atoms with Crippen LogP contribution in [0.4, 0.5) is 0 Å². The van der Waals surface area contributed by atoms with Crippen LogP contribution in [-0.2, 0) is 12.1 Å². The Kier molecular flexibility index (Phi) is 4.21. The van der Waals surface area contributed by atoms with E-state index in [1.54, 1.807) is 24.7 Å². The first-order valence-corrected chi connectivity index (χ1v) is 6.76. The molecule has 6 heteroatoms. The summed E-state index contributed by atoms with van der Waals surface area (Å²) in [5, 5.41) is 17.7. The fraction of sp³-hybridized carbons (Fsp3) is 0.385. The van der Waals surface area contributed by atoms with Crippen molar-refractivity contribution in [2.45, 2.75) is 26.0 Å². The monoisotopic (exact) mass is 325 g/mol. The minimum atomic E-state index is -0.967. The number of ether oxygens (including phenoxy) is 1. The molecule has 1 N–H and O–H groups in total. The second-order valence-electron chi connectivity index (χ2n) is 4.73. The Morgan fingerprint density at radius 1 is 1.32 bits per heavy atom. The molecule has 1 aromatic heterocycles. The van der Waals surface area contributed by atoms with Crippen LogP contribution in [0, 0.1) is 0 Å². The van der Waals surface area contributed by atoms with Crippen LogP contribution in [0.15, 0.2) is 34.9 Å². The van der Waals surface area contributed by atoms with Gasteiger partial charge in [-0.2, -0.15) is 0 Å². The summed E-state index contributed by atoms with van der Waals surface area (Å²) in [4.78, 5) is 0. The Balaban J connectivity index is 1.86. The third-order valence-electron chi connectivity index (χ3n) is 2.57. The highest BCUT2D eigenvalue weighted by molar-refractivity contribution is 9.10. The summed E-state index contributed by atoms with van der Waals surface area (Å²) in [5.41, 5.74) is -0.415. The Morgan fingerprint density at radius 2 is 2.00 bits per heavy atom. The number of aliphatic hydroxyl groups is 1. The van der Waals surface area contributed by atoms with Crippen molar-refractivity contribution in [2.24, 2.45) is 0 Å². The maximum absolute atomic E-state index is 9.78. The minimum absolute atomic E-state index is 0.496. The topological polar surface area (TPSA) is 60.2 Å². The van der Waals surface area contributed by atoms with E-state index in [-0.39, 0.29) is 0 Å². The maximum atomic E-state index is 9.78. The van der Waals surface area contributed by atoms with Gasteiger partial charge in [-0.15, -0.1) is 5.10 Å². The second-order valence-corrected chi connectivity index (χ2v) is 5.64. The minimum Gasteiger partial charge on any atom is -0.492 e. The number of benzene rings is 1. The summed E-state index contributed by atoms with van der Waals surface area (Å²) in [6, 6.07) is 7.65. The van der Waals surface area contributed by atoms with E-state index >= 15 is 0 Å². The molecule has 2 rings (SSSR count). The molecule has 0 atom stereocenters. The molecule has 0 aliphatic carbocycles. The lowest BCUT2D eigenvalue weighted by Crippen LogP contribution is -2.16. The zero-order chi connectivity index (χ0) is 13.9. The molecule has 1 heterocycles. The predicted octanol–water partition coefficient (Wildman–Crippen LogP) is 2.35. The maximum Gasteiger partial charge on any atom is 0.119 e. The molecule has 0 fully saturated rings. The molecule has 19 heavy (non-hydrogen) atoms. The van der Waals surface area contributed by atoms with Gasteiger partial charge in [-0.05, 0) is 38.1 Å². The highest BCUT2D eigenvalue weighted by Crippen LogP contribution is 2.17. The third kappa shape index (κ3) is 4.04. The number of halogens is 1. The molecule has 0 saturated heterocycles. The fourth-order valence-electron chi connectivity index (χ4n) is 1.48. The van der Waals surface area contributed by atoms with E-state index in [2.05, 4.69) is 26.2 Å². The van der Waals surface area contributed by atoms with Crippen molar-refractivity contribution >= 4 is 15.9 Å². The lowest BCUT2D eigenvalue weighted by atomic mass is 10.1. The summed E-state index contributed by atoms with van der Waals surface area (Å²) < 4.78 is 8.27. The lowest BCUT2D eigenvalue weighted by molar-refractivity contribution is 0.0737. The van der Waals surface area contributed by atoms with Crippen molar-refractivity contribution in [2.75, 3.05) is 6.61 Å². The Bertz CT molecular complexity index is 532. The molecule has 2 aromatic rings. The van der Waals surface area contributed by atoms with E-state index in [1.165, 1.54) is 0 Å². The van der Waals surface area contributed by atoms with Crippen molar-refractivity contribution in [3.63, 3.8) is 0 Å². The molecule has 0 unspecified atom stereocenters. The molecule has 0 bridgehead atoms. The fourth-order valence-corrected chi connectivity index (χ4v) is 1.74. The van der Waals surface area contributed by atoms with Crippen molar-refractivity contribution < 1.29 is 9.84 Å². The Morgan fingerprint density at radius 3 is 2.58 bits per heavy atom. The van der Waals surface area contributed by atoms with Gasteiger partial charge >= 0.3 is 0 Å². The number of rotatable bonds is 5. The smallest absolute Gasteiger partial charge is 0.119 e. The summed E-state index contributed by atoms with van der Waals surface area (Å²) in [6.45, 7) is 4.44. The van der Waals surface area contributed by atoms with Gasteiger partial charge in [0.15, 0.2) is 0 Å². The van der Waals surface area contributed by atoms with Crippen LogP contribution in [0.1, 0.15) is 19.5 Å². The van der Waals surface area contributed by atoms with Crippen molar-refractivity contribution in [3.8, 4) is 5.75 Å². The summed E-state index contributed by atoms with van der Waals surface area (Å²) in [7, 11) is 0. The molecular weight excluding hydrogens is 310 g/mol. The highest BCUT2D eigenvalue weighted by Gasteiger charge is 2.19. The third-order valence-corrected chi connectivity index (χ3v) is 3.10. The van der Waals surface area contributed by atoms with Gasteiger partial charge in [0.25, 0.3) is 0 Å². The van der Waals surface area contributed by atoms with Crippen molar-refractivity contribution in [1.29, 1.82) is 0 Å². The van der Waals surface area contributed by atoms with Crippen molar-refractivity contribution in [3.05, 3.63) is 40.6 Å². The molecule has 0 aliphatic rings. The molecule has 5 nitrogen and oxygen atoms in total.